The number of aliphatic imine (C=N–C) groups is 1. The average Bonchev–Trinajstić information content (AvgIpc) is 2.58. The maximum Gasteiger partial charge on any atom is 0.102 e. The third-order valence-corrected chi connectivity index (χ3v) is 2.25. The van der Waals surface area contributed by atoms with Crippen LogP contribution in [0.4, 0.5) is 0 Å². The summed E-state index contributed by atoms with van der Waals surface area (Å²) >= 11 is 0. The second-order valence-corrected chi connectivity index (χ2v) is 3.11. The summed E-state index contributed by atoms with van der Waals surface area (Å²) in [5.74, 6) is 1.75. The first-order valence-corrected chi connectivity index (χ1v) is 4.33. The molecule has 0 aromatic heterocycles. The molecule has 2 heterocycles. The molecule has 1 saturated heterocycles. The lowest BCUT2D eigenvalue weighted by atomic mass is 10.0. The van der Waals surface area contributed by atoms with Gasteiger partial charge in [0.1, 0.15) is 5.84 Å². The molecule has 0 radical (unpaired) electrons. The maximum absolute atomic E-state index is 5.37. The summed E-state index contributed by atoms with van der Waals surface area (Å²) in [4.78, 5) is 4.38. The van der Waals surface area contributed by atoms with Crippen LogP contribution >= 0.6 is 0 Å². The van der Waals surface area contributed by atoms with E-state index in [9.17, 15) is 0 Å². The predicted molar refractivity (Wildman–Crippen MR) is 43.8 cm³/mol. The molecule has 1 unspecified atom stereocenters. The molecule has 1 fully saturated rings. The van der Waals surface area contributed by atoms with Crippen molar-refractivity contribution in [3.8, 4) is 0 Å². The Hall–Kier alpha value is -0.570. The standard InChI is InChI=1S/C8H14N2O/c1-2-7(6-11-5-1)8-9-3-4-10-8/h7H,1-6H2,(H,9,10). The van der Waals surface area contributed by atoms with Gasteiger partial charge in [0.2, 0.25) is 0 Å². The van der Waals surface area contributed by atoms with E-state index in [1.165, 1.54) is 18.7 Å². The molecular formula is C8H14N2O. The number of nitrogens with zero attached hydrogens (tertiary/aromatic N) is 1. The largest absolute Gasteiger partial charge is 0.381 e. The second-order valence-electron chi connectivity index (χ2n) is 3.11. The van der Waals surface area contributed by atoms with Gasteiger partial charge in [-0.2, -0.15) is 0 Å². The van der Waals surface area contributed by atoms with Gasteiger partial charge in [0.05, 0.1) is 13.2 Å². The van der Waals surface area contributed by atoms with E-state index in [-0.39, 0.29) is 0 Å². The van der Waals surface area contributed by atoms with Gasteiger partial charge in [-0.25, -0.2) is 0 Å². The van der Waals surface area contributed by atoms with E-state index in [2.05, 4.69) is 10.3 Å². The van der Waals surface area contributed by atoms with Gasteiger partial charge in [0.15, 0.2) is 0 Å². The summed E-state index contributed by atoms with van der Waals surface area (Å²) < 4.78 is 5.37. The third-order valence-electron chi connectivity index (χ3n) is 2.25. The van der Waals surface area contributed by atoms with Gasteiger partial charge in [0, 0.05) is 19.1 Å². The van der Waals surface area contributed by atoms with Gasteiger partial charge < -0.3 is 10.1 Å². The molecule has 1 atom stereocenters. The fourth-order valence-electron chi connectivity index (χ4n) is 1.65. The summed E-state index contributed by atoms with van der Waals surface area (Å²) in [6.07, 6.45) is 2.43. The SMILES string of the molecule is C1COCC(C2=NCCN2)C1. The number of hydrogen-bond acceptors (Lipinski definition) is 3. The minimum Gasteiger partial charge on any atom is -0.381 e. The Kier molecular flexibility index (Phi) is 2.08. The molecule has 62 valence electrons. The minimum atomic E-state index is 0.561. The highest BCUT2D eigenvalue weighted by Crippen LogP contribution is 2.15. The Bertz CT molecular complexity index is 161. The highest BCUT2D eigenvalue weighted by molar-refractivity contribution is 5.86. The van der Waals surface area contributed by atoms with Crippen LogP contribution in [-0.2, 0) is 4.74 Å². The van der Waals surface area contributed by atoms with Crippen LogP contribution in [0, 0.1) is 5.92 Å². The van der Waals surface area contributed by atoms with E-state index in [0.29, 0.717) is 5.92 Å². The van der Waals surface area contributed by atoms with Crippen molar-refractivity contribution in [2.24, 2.45) is 10.9 Å². The Morgan fingerprint density at radius 1 is 1.55 bits per heavy atom. The van der Waals surface area contributed by atoms with Gasteiger partial charge in [-0.05, 0) is 12.8 Å². The van der Waals surface area contributed by atoms with Gasteiger partial charge in [-0.3, -0.25) is 4.99 Å². The minimum absolute atomic E-state index is 0.561. The molecule has 2 aliphatic rings. The Morgan fingerprint density at radius 2 is 2.55 bits per heavy atom. The van der Waals surface area contributed by atoms with Crippen molar-refractivity contribution in [1.82, 2.24) is 5.32 Å². The molecule has 3 heteroatoms. The summed E-state index contributed by atoms with van der Waals surface area (Å²) in [6, 6.07) is 0. The monoisotopic (exact) mass is 154 g/mol. The smallest absolute Gasteiger partial charge is 0.102 e. The van der Waals surface area contributed by atoms with Crippen LogP contribution in [0.5, 0.6) is 0 Å². The first-order valence-electron chi connectivity index (χ1n) is 4.33. The van der Waals surface area contributed by atoms with Crippen molar-refractivity contribution >= 4 is 5.84 Å². The van der Waals surface area contributed by atoms with Gasteiger partial charge in [-0.15, -0.1) is 0 Å². The molecule has 0 bridgehead atoms. The topological polar surface area (TPSA) is 33.6 Å². The third kappa shape index (κ3) is 1.53. The van der Waals surface area contributed by atoms with Crippen LogP contribution in [-0.4, -0.2) is 32.1 Å². The molecule has 0 spiro atoms. The number of rotatable bonds is 1. The van der Waals surface area contributed by atoms with Crippen molar-refractivity contribution in [3.05, 3.63) is 0 Å². The lowest BCUT2D eigenvalue weighted by Gasteiger charge is -2.21. The summed E-state index contributed by atoms with van der Waals surface area (Å²) in [6.45, 7) is 3.77. The molecule has 0 saturated carbocycles. The fourth-order valence-corrected chi connectivity index (χ4v) is 1.65. The molecule has 0 amide bonds. The maximum atomic E-state index is 5.37. The molecule has 3 nitrogen and oxygen atoms in total. The normalized spacial score (nSPS) is 31.3. The van der Waals surface area contributed by atoms with Crippen molar-refractivity contribution in [2.75, 3.05) is 26.3 Å². The Labute approximate surface area is 66.8 Å². The van der Waals surface area contributed by atoms with Crippen molar-refractivity contribution < 1.29 is 4.74 Å². The molecular weight excluding hydrogens is 140 g/mol. The van der Waals surface area contributed by atoms with E-state index in [1.54, 1.807) is 0 Å². The van der Waals surface area contributed by atoms with Crippen molar-refractivity contribution in [3.63, 3.8) is 0 Å². The highest BCUT2D eigenvalue weighted by atomic mass is 16.5. The van der Waals surface area contributed by atoms with E-state index in [1.807, 2.05) is 0 Å². The van der Waals surface area contributed by atoms with E-state index >= 15 is 0 Å². The molecule has 11 heavy (non-hydrogen) atoms. The highest BCUT2D eigenvalue weighted by Gasteiger charge is 2.21. The number of ether oxygens (including phenoxy) is 1. The van der Waals surface area contributed by atoms with Gasteiger partial charge >= 0.3 is 0 Å². The number of hydrogen-bond donors (Lipinski definition) is 1. The summed E-state index contributed by atoms with van der Waals surface area (Å²) in [7, 11) is 0. The molecule has 0 aromatic rings. The first kappa shape index (κ1) is 7.10. The summed E-state index contributed by atoms with van der Waals surface area (Å²) in [5, 5.41) is 3.30. The lowest BCUT2D eigenvalue weighted by molar-refractivity contribution is 0.0761. The molecule has 2 aliphatic heterocycles. The fraction of sp³-hybridized carbons (Fsp3) is 0.875. The van der Waals surface area contributed by atoms with E-state index < -0.39 is 0 Å². The van der Waals surface area contributed by atoms with Crippen molar-refractivity contribution in [2.45, 2.75) is 12.8 Å². The van der Waals surface area contributed by atoms with E-state index in [0.717, 1.165) is 26.3 Å². The quantitative estimate of drug-likeness (QED) is 0.593. The average molecular weight is 154 g/mol. The van der Waals surface area contributed by atoms with Crippen LogP contribution in [0.15, 0.2) is 4.99 Å². The zero-order valence-electron chi connectivity index (χ0n) is 6.68. The van der Waals surface area contributed by atoms with Crippen LogP contribution in [0.3, 0.4) is 0 Å². The van der Waals surface area contributed by atoms with Crippen LogP contribution in [0.25, 0.3) is 0 Å². The number of amidine groups is 1. The van der Waals surface area contributed by atoms with Crippen LogP contribution in [0.1, 0.15) is 12.8 Å². The van der Waals surface area contributed by atoms with Gasteiger partial charge in [-0.1, -0.05) is 0 Å². The van der Waals surface area contributed by atoms with Gasteiger partial charge in [0.25, 0.3) is 0 Å². The Morgan fingerprint density at radius 3 is 3.18 bits per heavy atom. The van der Waals surface area contributed by atoms with E-state index in [4.69, 9.17) is 4.74 Å². The predicted octanol–water partition coefficient (Wildman–Crippen LogP) is 0.415. The van der Waals surface area contributed by atoms with Crippen molar-refractivity contribution in [1.29, 1.82) is 0 Å². The zero-order chi connectivity index (χ0) is 7.52. The molecule has 0 aromatic carbocycles. The summed E-state index contributed by atoms with van der Waals surface area (Å²) in [5.41, 5.74) is 0. The molecule has 1 N–H and O–H groups in total. The lowest BCUT2D eigenvalue weighted by Crippen LogP contribution is -2.32. The second kappa shape index (κ2) is 3.22. The zero-order valence-corrected chi connectivity index (χ0v) is 6.68. The van der Waals surface area contributed by atoms with Crippen LogP contribution < -0.4 is 5.32 Å². The number of nitrogens with one attached hydrogen (secondary N) is 1. The first-order chi connectivity index (χ1) is 5.47. The molecule has 2 rings (SSSR count). The Balaban J connectivity index is 1.92. The van der Waals surface area contributed by atoms with Crippen LogP contribution in [0.2, 0.25) is 0 Å². The molecule has 0 aliphatic carbocycles.